The van der Waals surface area contributed by atoms with Crippen molar-refractivity contribution < 1.29 is 9.90 Å². The van der Waals surface area contributed by atoms with Crippen LogP contribution in [-0.4, -0.2) is 35.2 Å². The van der Waals surface area contributed by atoms with Crippen LogP contribution >= 0.6 is 0 Å². The van der Waals surface area contributed by atoms with Crippen molar-refractivity contribution in [3.05, 3.63) is 35.9 Å². The molecule has 5 nitrogen and oxygen atoms in total. The van der Waals surface area contributed by atoms with E-state index in [1.165, 1.54) is 5.56 Å². The highest BCUT2D eigenvalue weighted by Crippen LogP contribution is 2.42. The molecule has 1 aromatic carbocycles. The summed E-state index contributed by atoms with van der Waals surface area (Å²) < 4.78 is 0. The van der Waals surface area contributed by atoms with Gasteiger partial charge in [-0.1, -0.05) is 33.4 Å². The van der Waals surface area contributed by atoms with Crippen LogP contribution in [0, 0.1) is 11.8 Å². The average Bonchev–Trinajstić information content (AvgIpc) is 2.54. The molecule has 1 aromatic rings. The first-order valence-corrected chi connectivity index (χ1v) is 8.99. The summed E-state index contributed by atoms with van der Waals surface area (Å²) in [6.45, 7) is 11.8. The molecule has 1 saturated heterocycles. The maximum absolute atomic E-state index is 12.0. The Hall–Kier alpha value is -2.01. The molecule has 2 aliphatic heterocycles. The van der Waals surface area contributed by atoms with Crippen molar-refractivity contribution in [2.24, 2.45) is 17.6 Å². The summed E-state index contributed by atoms with van der Waals surface area (Å²) in [4.78, 5) is 14.2. The van der Waals surface area contributed by atoms with Crippen molar-refractivity contribution in [3.8, 4) is 0 Å². The Morgan fingerprint density at radius 2 is 2.16 bits per heavy atom. The Labute approximate surface area is 149 Å². The van der Waals surface area contributed by atoms with Gasteiger partial charge in [-0.2, -0.15) is 0 Å². The van der Waals surface area contributed by atoms with E-state index in [1.807, 2.05) is 0 Å². The lowest BCUT2D eigenvalue weighted by Gasteiger charge is -2.49. The Balaban J connectivity index is 1.98. The first-order chi connectivity index (χ1) is 11.7. The zero-order chi connectivity index (χ0) is 18.4. The minimum absolute atomic E-state index is 0.0588. The van der Waals surface area contributed by atoms with E-state index in [0.29, 0.717) is 12.8 Å². The first-order valence-electron chi connectivity index (χ1n) is 8.99. The molecule has 136 valence electrons. The summed E-state index contributed by atoms with van der Waals surface area (Å²) in [7, 11) is 0. The summed E-state index contributed by atoms with van der Waals surface area (Å²) in [5.41, 5.74) is 10.0. The van der Waals surface area contributed by atoms with Crippen LogP contribution in [0.3, 0.4) is 0 Å². The molecule has 0 aromatic heterocycles. The van der Waals surface area contributed by atoms with Crippen LogP contribution in [0.4, 0.5) is 5.69 Å². The number of carbonyl (C=O) groups excluding carboxylic acids is 1. The summed E-state index contributed by atoms with van der Waals surface area (Å²) in [6, 6.07) is 6.40. The number of nitrogens with zero attached hydrogens (tertiary/aromatic N) is 1. The van der Waals surface area contributed by atoms with Gasteiger partial charge >= 0.3 is 0 Å². The summed E-state index contributed by atoms with van der Waals surface area (Å²) in [6.07, 6.45) is 1.22. The number of aliphatic hydroxyl groups is 1. The van der Waals surface area contributed by atoms with Crippen molar-refractivity contribution in [1.82, 2.24) is 4.90 Å². The van der Waals surface area contributed by atoms with Gasteiger partial charge < -0.3 is 21.1 Å². The van der Waals surface area contributed by atoms with Crippen molar-refractivity contribution in [1.29, 1.82) is 0 Å². The molecule has 0 aliphatic carbocycles. The van der Waals surface area contributed by atoms with Gasteiger partial charge in [0.25, 0.3) is 0 Å². The maximum atomic E-state index is 12.0. The molecule has 0 bridgehead atoms. The fraction of sp³-hybridized carbons (Fsp3) is 0.550. The van der Waals surface area contributed by atoms with Crippen LogP contribution < -0.4 is 11.1 Å². The van der Waals surface area contributed by atoms with E-state index < -0.39 is 0 Å². The molecule has 0 spiro atoms. The van der Waals surface area contributed by atoms with Gasteiger partial charge in [-0.25, -0.2) is 0 Å². The molecule has 1 fully saturated rings. The number of carbonyl (C=O) groups is 1. The van der Waals surface area contributed by atoms with Crippen LogP contribution in [0.15, 0.2) is 24.8 Å². The number of hydrogen-bond donors (Lipinski definition) is 3. The van der Waals surface area contributed by atoms with Gasteiger partial charge in [0.2, 0.25) is 5.91 Å². The van der Waals surface area contributed by atoms with E-state index in [0.717, 1.165) is 23.5 Å². The largest absolute Gasteiger partial charge is 0.396 e. The SMILES string of the molecule is C=C1c2cc(C(C)(C)C)ccc2NC2C(C(N)=O)CC(CCO)CN12. The second-order valence-electron chi connectivity index (χ2n) is 8.32. The molecule has 2 aliphatic rings. The fourth-order valence-corrected chi connectivity index (χ4v) is 3.98. The Kier molecular flexibility index (Phi) is 4.54. The predicted octanol–water partition coefficient (Wildman–Crippen LogP) is 2.51. The Morgan fingerprint density at radius 3 is 2.76 bits per heavy atom. The minimum Gasteiger partial charge on any atom is -0.396 e. The molecule has 3 unspecified atom stereocenters. The number of nitrogens with two attached hydrogens (primary N) is 1. The van der Waals surface area contributed by atoms with Gasteiger partial charge in [0.15, 0.2) is 0 Å². The highest BCUT2D eigenvalue weighted by molar-refractivity contribution is 5.82. The van der Waals surface area contributed by atoms with Crippen LogP contribution in [0.25, 0.3) is 5.70 Å². The van der Waals surface area contributed by atoms with Crippen molar-refractivity contribution in [2.45, 2.75) is 45.2 Å². The van der Waals surface area contributed by atoms with Crippen LogP contribution in [0.2, 0.25) is 0 Å². The van der Waals surface area contributed by atoms with E-state index in [2.05, 4.69) is 55.8 Å². The number of nitrogens with one attached hydrogen (secondary N) is 1. The Bertz CT molecular complexity index is 693. The average molecular weight is 343 g/mol. The van der Waals surface area contributed by atoms with E-state index in [-0.39, 0.29) is 35.9 Å². The van der Waals surface area contributed by atoms with Crippen molar-refractivity contribution in [2.75, 3.05) is 18.5 Å². The standard InChI is InChI=1S/C20H29N3O2/c1-12-15-10-14(20(2,3)4)5-6-17(15)22-19-16(18(21)25)9-13(7-8-24)11-23(12)19/h5-6,10,13,16,19,22,24H,1,7-9,11H2,2-4H3,(H2,21,25). The summed E-state index contributed by atoms with van der Waals surface area (Å²) in [5.74, 6) is -0.352. The number of aliphatic hydroxyl groups excluding tert-OH is 1. The molecule has 0 radical (unpaired) electrons. The summed E-state index contributed by atoms with van der Waals surface area (Å²) >= 11 is 0. The topological polar surface area (TPSA) is 78.6 Å². The highest BCUT2D eigenvalue weighted by Gasteiger charge is 2.42. The lowest BCUT2D eigenvalue weighted by atomic mass is 9.81. The second-order valence-corrected chi connectivity index (χ2v) is 8.32. The molecular formula is C20H29N3O2. The third-order valence-corrected chi connectivity index (χ3v) is 5.51. The molecular weight excluding hydrogens is 314 g/mol. The Morgan fingerprint density at radius 1 is 1.44 bits per heavy atom. The zero-order valence-corrected chi connectivity index (χ0v) is 15.4. The van der Waals surface area contributed by atoms with Gasteiger partial charge in [-0.15, -0.1) is 0 Å². The molecule has 0 saturated carbocycles. The van der Waals surface area contributed by atoms with Crippen molar-refractivity contribution in [3.63, 3.8) is 0 Å². The van der Waals surface area contributed by atoms with Gasteiger partial charge in [0, 0.05) is 30.1 Å². The fourth-order valence-electron chi connectivity index (χ4n) is 3.98. The van der Waals surface area contributed by atoms with Gasteiger partial charge in [0.1, 0.15) is 6.17 Å². The van der Waals surface area contributed by atoms with Crippen LogP contribution in [-0.2, 0) is 10.2 Å². The molecule has 3 rings (SSSR count). The van der Waals surface area contributed by atoms with Gasteiger partial charge in [-0.05, 0) is 41.9 Å². The minimum atomic E-state index is -0.298. The van der Waals surface area contributed by atoms with Crippen LogP contribution in [0.1, 0.15) is 44.7 Å². The number of benzene rings is 1. The van der Waals surface area contributed by atoms with Crippen molar-refractivity contribution >= 4 is 17.3 Å². The monoisotopic (exact) mass is 343 g/mol. The molecule has 3 atom stereocenters. The highest BCUT2D eigenvalue weighted by atomic mass is 16.3. The number of hydrogen-bond acceptors (Lipinski definition) is 4. The lowest BCUT2D eigenvalue weighted by molar-refractivity contribution is -0.125. The summed E-state index contributed by atoms with van der Waals surface area (Å²) in [5, 5.41) is 12.8. The zero-order valence-electron chi connectivity index (χ0n) is 15.4. The van der Waals surface area contributed by atoms with Gasteiger partial charge in [0.05, 0.1) is 5.92 Å². The molecule has 5 heteroatoms. The van der Waals surface area contributed by atoms with E-state index >= 15 is 0 Å². The normalized spacial score (nSPS) is 25.8. The van der Waals surface area contributed by atoms with E-state index in [4.69, 9.17) is 5.73 Å². The van der Waals surface area contributed by atoms with E-state index in [9.17, 15) is 9.90 Å². The lowest BCUT2D eigenvalue weighted by Crippen LogP contribution is -2.57. The van der Waals surface area contributed by atoms with Crippen LogP contribution in [0.5, 0.6) is 0 Å². The predicted molar refractivity (Wildman–Crippen MR) is 101 cm³/mol. The molecule has 2 heterocycles. The third kappa shape index (κ3) is 3.25. The number of primary amides is 1. The number of rotatable bonds is 3. The third-order valence-electron chi connectivity index (χ3n) is 5.51. The van der Waals surface area contributed by atoms with Gasteiger partial charge in [-0.3, -0.25) is 4.79 Å². The first kappa shape index (κ1) is 17.8. The molecule has 4 N–H and O–H groups in total. The number of anilines is 1. The second kappa shape index (κ2) is 6.37. The molecule has 1 amide bonds. The molecule has 25 heavy (non-hydrogen) atoms. The quantitative estimate of drug-likeness (QED) is 0.788. The maximum Gasteiger partial charge on any atom is 0.224 e. The number of amides is 1. The number of fused-ring (bicyclic) bond motifs is 2. The van der Waals surface area contributed by atoms with E-state index in [1.54, 1.807) is 0 Å². The smallest absolute Gasteiger partial charge is 0.224 e. The number of piperidine rings is 1.